The third-order valence-electron chi connectivity index (χ3n) is 3.95. The third-order valence-corrected chi connectivity index (χ3v) is 3.95. The fourth-order valence-corrected chi connectivity index (χ4v) is 2.48. The summed E-state index contributed by atoms with van der Waals surface area (Å²) >= 11 is 0. The van der Waals surface area contributed by atoms with Crippen molar-refractivity contribution in [1.29, 1.82) is 0 Å². The molecule has 3 N–H and O–H groups in total. The van der Waals surface area contributed by atoms with Gasteiger partial charge in [0, 0.05) is 39.1 Å². The second-order valence-corrected chi connectivity index (χ2v) is 6.00. The summed E-state index contributed by atoms with van der Waals surface area (Å²) in [5.74, 6) is 0.709. The number of ether oxygens (including phenoxy) is 2. The van der Waals surface area contributed by atoms with Crippen LogP contribution in [0.2, 0.25) is 0 Å². The van der Waals surface area contributed by atoms with E-state index in [1.54, 1.807) is 0 Å². The Morgan fingerprint density at radius 3 is 2.71 bits per heavy atom. The summed E-state index contributed by atoms with van der Waals surface area (Å²) in [5.41, 5.74) is 0.421. The number of rotatable bonds is 8. The highest BCUT2D eigenvalue weighted by Crippen LogP contribution is 2.20. The lowest BCUT2D eigenvalue weighted by Gasteiger charge is -2.30. The molecule has 0 aromatic heterocycles. The number of nitrogens with zero attached hydrogens (tertiary/aromatic N) is 1. The molecule has 1 heterocycles. The first-order chi connectivity index (χ1) is 11.7. The van der Waals surface area contributed by atoms with Crippen molar-refractivity contribution in [3.8, 4) is 0 Å². The molecule has 0 atom stereocenters. The van der Waals surface area contributed by atoms with Crippen LogP contribution in [0.25, 0.3) is 0 Å². The summed E-state index contributed by atoms with van der Waals surface area (Å²) in [6.07, 6.45) is 1.27. The van der Waals surface area contributed by atoms with Crippen LogP contribution in [0, 0.1) is 0 Å². The van der Waals surface area contributed by atoms with E-state index in [0.29, 0.717) is 58.3 Å². The molecule has 0 bridgehead atoms. The lowest BCUT2D eigenvalue weighted by Crippen LogP contribution is -2.43. The summed E-state index contributed by atoms with van der Waals surface area (Å²) in [6, 6.07) is 10.1. The standard InChI is InChI=1S/C18H29N3O3/c1-2-19-17(21-15-18(22)8-11-23-12-9-18)20-10-13-24-14-16-6-4-3-5-7-16/h3-7,22H,2,8-15H2,1H3,(H2,19,20,21). The normalized spacial score (nSPS) is 17.5. The second-order valence-electron chi connectivity index (χ2n) is 6.00. The van der Waals surface area contributed by atoms with Crippen molar-refractivity contribution in [2.45, 2.75) is 32.0 Å². The molecule has 134 valence electrons. The monoisotopic (exact) mass is 335 g/mol. The minimum Gasteiger partial charge on any atom is -0.388 e. The Kier molecular flexibility index (Phi) is 8.01. The van der Waals surface area contributed by atoms with Crippen molar-refractivity contribution in [2.75, 3.05) is 39.5 Å². The number of guanidine groups is 1. The Morgan fingerprint density at radius 2 is 2.00 bits per heavy atom. The van der Waals surface area contributed by atoms with Crippen molar-refractivity contribution in [2.24, 2.45) is 4.99 Å². The van der Waals surface area contributed by atoms with Gasteiger partial charge in [-0.25, -0.2) is 0 Å². The van der Waals surface area contributed by atoms with E-state index < -0.39 is 5.60 Å². The summed E-state index contributed by atoms with van der Waals surface area (Å²) in [5, 5.41) is 16.9. The van der Waals surface area contributed by atoms with Crippen LogP contribution in [0.4, 0.5) is 0 Å². The van der Waals surface area contributed by atoms with Crippen LogP contribution in [0.15, 0.2) is 35.3 Å². The van der Waals surface area contributed by atoms with Crippen molar-refractivity contribution in [1.82, 2.24) is 10.6 Å². The first-order valence-corrected chi connectivity index (χ1v) is 8.66. The van der Waals surface area contributed by atoms with E-state index in [0.717, 1.165) is 6.54 Å². The SMILES string of the molecule is CCNC(=NCC1(O)CCOCC1)NCCOCc1ccccc1. The topological polar surface area (TPSA) is 75.1 Å². The molecule has 0 saturated carbocycles. The maximum Gasteiger partial charge on any atom is 0.191 e. The van der Waals surface area contributed by atoms with E-state index in [1.807, 2.05) is 37.3 Å². The van der Waals surface area contributed by atoms with Crippen molar-refractivity contribution in [3.63, 3.8) is 0 Å². The van der Waals surface area contributed by atoms with Crippen LogP contribution in [0.1, 0.15) is 25.3 Å². The highest BCUT2D eigenvalue weighted by Gasteiger charge is 2.29. The van der Waals surface area contributed by atoms with E-state index in [4.69, 9.17) is 9.47 Å². The van der Waals surface area contributed by atoms with E-state index >= 15 is 0 Å². The van der Waals surface area contributed by atoms with Gasteiger partial charge in [-0.15, -0.1) is 0 Å². The van der Waals surface area contributed by atoms with Gasteiger partial charge in [0.2, 0.25) is 0 Å². The molecule has 24 heavy (non-hydrogen) atoms. The maximum absolute atomic E-state index is 10.5. The largest absolute Gasteiger partial charge is 0.388 e. The van der Waals surface area contributed by atoms with Crippen molar-refractivity contribution < 1.29 is 14.6 Å². The lowest BCUT2D eigenvalue weighted by atomic mass is 9.95. The highest BCUT2D eigenvalue weighted by atomic mass is 16.5. The van der Waals surface area contributed by atoms with Gasteiger partial charge in [-0.3, -0.25) is 4.99 Å². The average molecular weight is 335 g/mol. The zero-order chi connectivity index (χ0) is 17.1. The van der Waals surface area contributed by atoms with Crippen LogP contribution in [0.5, 0.6) is 0 Å². The lowest BCUT2D eigenvalue weighted by molar-refractivity contribution is -0.0565. The van der Waals surface area contributed by atoms with Gasteiger partial charge in [0.1, 0.15) is 0 Å². The molecule has 1 aliphatic heterocycles. The van der Waals surface area contributed by atoms with Crippen LogP contribution in [-0.4, -0.2) is 56.1 Å². The van der Waals surface area contributed by atoms with Crippen molar-refractivity contribution >= 4 is 5.96 Å². The molecule has 1 fully saturated rings. The molecule has 6 nitrogen and oxygen atoms in total. The van der Waals surface area contributed by atoms with Crippen LogP contribution < -0.4 is 10.6 Å². The molecule has 1 aromatic rings. The molecule has 1 aliphatic rings. The second kappa shape index (κ2) is 10.3. The molecule has 0 unspecified atom stereocenters. The molecule has 2 rings (SSSR count). The number of aliphatic hydroxyl groups is 1. The van der Waals surface area contributed by atoms with Gasteiger partial charge in [0.15, 0.2) is 5.96 Å². The van der Waals surface area contributed by atoms with E-state index in [-0.39, 0.29) is 0 Å². The van der Waals surface area contributed by atoms with Gasteiger partial charge in [0.25, 0.3) is 0 Å². The molecular formula is C18H29N3O3. The molecule has 0 amide bonds. The van der Waals surface area contributed by atoms with E-state index in [2.05, 4.69) is 15.6 Å². The third kappa shape index (κ3) is 6.86. The number of aliphatic imine (C=N–C) groups is 1. The minimum absolute atomic E-state index is 0.385. The number of nitrogens with one attached hydrogen (secondary N) is 2. The van der Waals surface area contributed by atoms with E-state index in [9.17, 15) is 5.11 Å². The fourth-order valence-electron chi connectivity index (χ4n) is 2.48. The van der Waals surface area contributed by atoms with Gasteiger partial charge >= 0.3 is 0 Å². The molecule has 0 aliphatic carbocycles. The molecule has 1 aromatic carbocycles. The minimum atomic E-state index is -0.746. The van der Waals surface area contributed by atoms with Crippen LogP contribution >= 0.6 is 0 Å². The summed E-state index contributed by atoms with van der Waals surface area (Å²) in [6.45, 7) is 6.25. The molecular weight excluding hydrogens is 306 g/mol. The molecule has 0 spiro atoms. The Hall–Kier alpha value is -1.63. The Bertz CT molecular complexity index is 488. The predicted molar refractivity (Wildman–Crippen MR) is 95.1 cm³/mol. The summed E-state index contributed by atoms with van der Waals surface area (Å²) in [7, 11) is 0. The van der Waals surface area contributed by atoms with Gasteiger partial charge in [0.05, 0.1) is 25.4 Å². The first-order valence-electron chi connectivity index (χ1n) is 8.66. The summed E-state index contributed by atoms with van der Waals surface area (Å²) in [4.78, 5) is 4.50. The van der Waals surface area contributed by atoms with Gasteiger partial charge in [-0.2, -0.15) is 0 Å². The maximum atomic E-state index is 10.5. The molecule has 0 radical (unpaired) electrons. The number of hydrogen-bond acceptors (Lipinski definition) is 4. The van der Waals surface area contributed by atoms with Crippen LogP contribution in [-0.2, 0) is 16.1 Å². The van der Waals surface area contributed by atoms with Crippen LogP contribution in [0.3, 0.4) is 0 Å². The average Bonchev–Trinajstić information content (AvgIpc) is 2.61. The predicted octanol–water partition coefficient (Wildman–Crippen LogP) is 1.30. The highest BCUT2D eigenvalue weighted by molar-refractivity contribution is 5.79. The van der Waals surface area contributed by atoms with Gasteiger partial charge in [-0.1, -0.05) is 30.3 Å². The summed E-state index contributed by atoms with van der Waals surface area (Å²) < 4.78 is 10.9. The van der Waals surface area contributed by atoms with E-state index in [1.165, 1.54) is 5.56 Å². The first kappa shape index (κ1) is 18.7. The van der Waals surface area contributed by atoms with Crippen molar-refractivity contribution in [3.05, 3.63) is 35.9 Å². The smallest absolute Gasteiger partial charge is 0.191 e. The quantitative estimate of drug-likeness (QED) is 0.379. The Labute approximate surface area is 144 Å². The Balaban J connectivity index is 1.69. The fraction of sp³-hybridized carbons (Fsp3) is 0.611. The molecule has 1 saturated heterocycles. The zero-order valence-corrected chi connectivity index (χ0v) is 14.5. The van der Waals surface area contributed by atoms with Gasteiger partial charge in [-0.05, 0) is 12.5 Å². The Morgan fingerprint density at radius 1 is 1.25 bits per heavy atom. The van der Waals surface area contributed by atoms with Gasteiger partial charge < -0.3 is 25.2 Å². The zero-order valence-electron chi connectivity index (χ0n) is 14.5. The molecule has 6 heteroatoms. The number of benzene rings is 1. The number of hydrogen-bond donors (Lipinski definition) is 3.